The molecule has 0 fully saturated rings. The van der Waals surface area contributed by atoms with Gasteiger partial charge in [0, 0.05) is 41.1 Å². The van der Waals surface area contributed by atoms with Crippen molar-refractivity contribution in [1.29, 1.82) is 0 Å². The molecule has 4 rings (SSSR count). The molecule has 5 heteroatoms. The summed E-state index contributed by atoms with van der Waals surface area (Å²) >= 11 is 6.13. The van der Waals surface area contributed by atoms with Crippen molar-refractivity contribution >= 4 is 28.5 Å². The average molecular weight is 405 g/mol. The maximum absolute atomic E-state index is 12.2. The summed E-state index contributed by atoms with van der Waals surface area (Å²) in [5.74, 6) is -0.931. The number of carboxylic acid groups (broad SMARTS) is 1. The van der Waals surface area contributed by atoms with E-state index in [1.54, 1.807) is 0 Å². The van der Waals surface area contributed by atoms with Gasteiger partial charge in [-0.1, -0.05) is 72.3 Å². The number of halogens is 1. The number of nitrogens with zero attached hydrogens (tertiary/aromatic N) is 1. The zero-order valence-electron chi connectivity index (χ0n) is 15.8. The lowest BCUT2D eigenvalue weighted by Gasteiger charge is -2.10. The minimum absolute atomic E-state index is 0.312. The highest BCUT2D eigenvalue weighted by Crippen LogP contribution is 2.28. The van der Waals surface area contributed by atoms with Gasteiger partial charge in [-0.05, 0) is 29.3 Å². The monoisotopic (exact) mass is 404 g/mol. The molecule has 0 radical (unpaired) electrons. The summed E-state index contributed by atoms with van der Waals surface area (Å²) in [6.45, 7) is 1.59. The molecule has 0 unspecified atom stereocenters. The maximum Gasteiger partial charge on any atom is 0.352 e. The van der Waals surface area contributed by atoms with E-state index in [0.29, 0.717) is 30.4 Å². The summed E-state index contributed by atoms with van der Waals surface area (Å²) in [5, 5.41) is 15.0. The molecule has 0 saturated heterocycles. The molecule has 1 heterocycles. The molecule has 0 saturated carbocycles. The lowest BCUT2D eigenvalue weighted by Crippen LogP contribution is -2.17. The molecule has 0 spiro atoms. The number of aromatic carboxylic acids is 1. The molecule has 2 N–H and O–H groups in total. The Bertz CT molecular complexity index is 1150. The number of benzene rings is 3. The molecule has 4 aromatic rings. The fourth-order valence-electron chi connectivity index (χ4n) is 3.71. The van der Waals surface area contributed by atoms with Gasteiger partial charge >= 0.3 is 5.97 Å². The van der Waals surface area contributed by atoms with E-state index in [1.165, 1.54) is 0 Å². The highest BCUT2D eigenvalue weighted by molar-refractivity contribution is 6.30. The van der Waals surface area contributed by atoms with Gasteiger partial charge in [0.15, 0.2) is 0 Å². The van der Waals surface area contributed by atoms with Crippen LogP contribution < -0.4 is 5.32 Å². The molecule has 4 nitrogen and oxygen atoms in total. The molecular formula is C24H21ClN2O2. The number of hydrogen-bond acceptors (Lipinski definition) is 2. The molecule has 1 aromatic heterocycles. The second-order valence-electron chi connectivity index (χ2n) is 6.95. The largest absolute Gasteiger partial charge is 0.477 e. The van der Waals surface area contributed by atoms with Gasteiger partial charge in [-0.15, -0.1) is 0 Å². The van der Waals surface area contributed by atoms with Crippen molar-refractivity contribution in [3.05, 3.63) is 106 Å². The minimum atomic E-state index is -0.931. The Hall–Kier alpha value is -3.08. The van der Waals surface area contributed by atoms with Gasteiger partial charge in [0.25, 0.3) is 0 Å². The Morgan fingerprint density at radius 1 is 0.897 bits per heavy atom. The third kappa shape index (κ3) is 4.19. The maximum atomic E-state index is 12.2. The number of fused-ring (bicyclic) bond motifs is 1. The third-order valence-electron chi connectivity index (χ3n) is 4.98. The van der Waals surface area contributed by atoms with Crippen LogP contribution in [-0.2, 0) is 19.6 Å². The SMILES string of the molecule is O=C(O)c1c(CNCc2ccccc2)c2ccccc2n1Cc1cccc(Cl)c1. The predicted molar refractivity (Wildman–Crippen MR) is 116 cm³/mol. The lowest BCUT2D eigenvalue weighted by molar-refractivity contribution is 0.0685. The van der Waals surface area contributed by atoms with Crippen molar-refractivity contribution in [2.45, 2.75) is 19.6 Å². The molecule has 0 aliphatic rings. The Labute approximate surface area is 174 Å². The van der Waals surface area contributed by atoms with Crippen LogP contribution in [0.25, 0.3) is 10.9 Å². The molecule has 3 aromatic carbocycles. The number of rotatable bonds is 7. The Morgan fingerprint density at radius 3 is 2.38 bits per heavy atom. The van der Waals surface area contributed by atoms with Gasteiger partial charge in [-0.3, -0.25) is 0 Å². The van der Waals surface area contributed by atoms with E-state index in [1.807, 2.05) is 83.4 Å². The molecule has 146 valence electrons. The van der Waals surface area contributed by atoms with Crippen LogP contribution in [0.4, 0.5) is 0 Å². The fourth-order valence-corrected chi connectivity index (χ4v) is 3.92. The molecule has 0 atom stereocenters. The normalized spacial score (nSPS) is 11.1. The van der Waals surface area contributed by atoms with E-state index >= 15 is 0 Å². The number of carboxylic acids is 1. The van der Waals surface area contributed by atoms with Gasteiger partial charge in [-0.25, -0.2) is 4.79 Å². The van der Waals surface area contributed by atoms with Gasteiger partial charge in [0.1, 0.15) is 5.69 Å². The van der Waals surface area contributed by atoms with Crippen LogP contribution in [0.2, 0.25) is 5.02 Å². The Balaban J connectivity index is 1.71. The van der Waals surface area contributed by atoms with Crippen LogP contribution in [0.15, 0.2) is 78.9 Å². The van der Waals surface area contributed by atoms with Crippen molar-refractivity contribution in [1.82, 2.24) is 9.88 Å². The summed E-state index contributed by atoms with van der Waals surface area (Å²) in [4.78, 5) is 12.2. The molecule has 0 aliphatic carbocycles. The first-order valence-electron chi connectivity index (χ1n) is 9.46. The summed E-state index contributed by atoms with van der Waals surface area (Å²) in [7, 11) is 0. The van der Waals surface area contributed by atoms with E-state index in [9.17, 15) is 9.90 Å². The highest BCUT2D eigenvalue weighted by atomic mass is 35.5. The smallest absolute Gasteiger partial charge is 0.352 e. The van der Waals surface area contributed by atoms with Gasteiger partial charge in [-0.2, -0.15) is 0 Å². The van der Waals surface area contributed by atoms with Crippen LogP contribution in [0.3, 0.4) is 0 Å². The van der Waals surface area contributed by atoms with Crippen molar-refractivity contribution in [3.8, 4) is 0 Å². The topological polar surface area (TPSA) is 54.3 Å². The molecular weight excluding hydrogens is 384 g/mol. The number of para-hydroxylation sites is 1. The standard InChI is InChI=1S/C24H21ClN2O2/c25-19-10-6-9-18(13-19)16-27-22-12-5-4-11-20(22)21(23(27)24(28)29)15-26-14-17-7-2-1-3-8-17/h1-13,26H,14-16H2,(H,28,29). The summed E-state index contributed by atoms with van der Waals surface area (Å²) < 4.78 is 1.86. The van der Waals surface area contributed by atoms with Crippen molar-refractivity contribution in [3.63, 3.8) is 0 Å². The van der Waals surface area contributed by atoms with Gasteiger partial charge in [0.2, 0.25) is 0 Å². The van der Waals surface area contributed by atoms with E-state index in [-0.39, 0.29) is 0 Å². The van der Waals surface area contributed by atoms with Gasteiger partial charge in [0.05, 0.1) is 0 Å². The first-order valence-corrected chi connectivity index (χ1v) is 9.84. The zero-order chi connectivity index (χ0) is 20.2. The second-order valence-corrected chi connectivity index (χ2v) is 7.39. The molecule has 29 heavy (non-hydrogen) atoms. The van der Waals surface area contributed by atoms with Gasteiger partial charge < -0.3 is 15.0 Å². The molecule has 0 amide bonds. The first kappa shape index (κ1) is 19.2. The quantitative estimate of drug-likeness (QED) is 0.437. The van der Waals surface area contributed by atoms with Crippen LogP contribution in [0.1, 0.15) is 27.2 Å². The van der Waals surface area contributed by atoms with Crippen LogP contribution >= 0.6 is 11.6 Å². The summed E-state index contributed by atoms with van der Waals surface area (Å²) in [6, 6.07) is 25.4. The minimum Gasteiger partial charge on any atom is -0.477 e. The van der Waals surface area contributed by atoms with E-state index in [4.69, 9.17) is 11.6 Å². The Morgan fingerprint density at radius 2 is 1.62 bits per heavy atom. The first-order chi connectivity index (χ1) is 14.1. The van der Waals surface area contributed by atoms with Crippen LogP contribution in [0.5, 0.6) is 0 Å². The zero-order valence-corrected chi connectivity index (χ0v) is 16.6. The van der Waals surface area contributed by atoms with E-state index < -0.39 is 5.97 Å². The van der Waals surface area contributed by atoms with Crippen LogP contribution in [-0.4, -0.2) is 15.6 Å². The predicted octanol–water partition coefficient (Wildman–Crippen LogP) is 5.33. The number of nitrogens with one attached hydrogen (secondary N) is 1. The third-order valence-corrected chi connectivity index (χ3v) is 5.22. The summed E-state index contributed by atoms with van der Waals surface area (Å²) in [6.07, 6.45) is 0. The number of aromatic nitrogens is 1. The lowest BCUT2D eigenvalue weighted by atomic mass is 10.1. The fraction of sp³-hybridized carbons (Fsp3) is 0.125. The molecule has 0 aliphatic heterocycles. The number of hydrogen-bond donors (Lipinski definition) is 2. The highest BCUT2D eigenvalue weighted by Gasteiger charge is 2.22. The van der Waals surface area contributed by atoms with Crippen molar-refractivity contribution in [2.24, 2.45) is 0 Å². The second kappa shape index (κ2) is 8.52. The van der Waals surface area contributed by atoms with E-state index in [2.05, 4.69) is 5.32 Å². The molecule has 0 bridgehead atoms. The number of carbonyl (C=O) groups is 1. The Kier molecular flexibility index (Phi) is 5.65. The van der Waals surface area contributed by atoms with Crippen molar-refractivity contribution in [2.75, 3.05) is 0 Å². The summed E-state index contributed by atoms with van der Waals surface area (Å²) in [5.41, 5.74) is 4.13. The van der Waals surface area contributed by atoms with E-state index in [0.717, 1.165) is 27.6 Å². The average Bonchev–Trinajstić information content (AvgIpc) is 3.03. The van der Waals surface area contributed by atoms with Crippen molar-refractivity contribution < 1.29 is 9.90 Å². The van der Waals surface area contributed by atoms with Crippen LogP contribution in [0, 0.1) is 0 Å².